The molecule has 3 aromatic rings. The Bertz CT molecular complexity index is 991. The van der Waals surface area contributed by atoms with Crippen molar-refractivity contribution in [2.45, 2.75) is 6.92 Å². The highest BCUT2D eigenvalue weighted by Gasteiger charge is 2.09. The molecule has 6 nitrogen and oxygen atoms in total. The zero-order chi connectivity index (χ0) is 19.2. The summed E-state index contributed by atoms with van der Waals surface area (Å²) in [5.74, 6) is -0.958. The fourth-order valence-corrected chi connectivity index (χ4v) is 2.44. The van der Waals surface area contributed by atoms with Gasteiger partial charge in [-0.2, -0.15) is 0 Å². The molecule has 1 heterocycles. The third-order valence-electron chi connectivity index (χ3n) is 3.55. The number of halogens is 1. The topological polar surface area (TPSA) is 83.1 Å². The number of nitrogens with zero attached hydrogens (tertiary/aromatic N) is 1. The van der Waals surface area contributed by atoms with E-state index in [1.54, 1.807) is 48.5 Å². The molecule has 2 amide bonds. The number of carbonyl (C=O) groups is 2. The molecule has 136 valence electrons. The Morgan fingerprint density at radius 1 is 0.852 bits per heavy atom. The number of rotatable bonds is 5. The van der Waals surface area contributed by atoms with Crippen LogP contribution in [0, 0.1) is 5.82 Å². The molecular formula is C20H17FN4O2. The molecule has 0 bridgehead atoms. The molecule has 3 N–H and O–H groups in total. The van der Waals surface area contributed by atoms with Gasteiger partial charge in [0, 0.05) is 35.9 Å². The van der Waals surface area contributed by atoms with Gasteiger partial charge in [-0.15, -0.1) is 0 Å². The Hall–Kier alpha value is -3.74. The molecular weight excluding hydrogens is 347 g/mol. The Morgan fingerprint density at radius 3 is 2.26 bits per heavy atom. The summed E-state index contributed by atoms with van der Waals surface area (Å²) in [7, 11) is 0. The maximum absolute atomic E-state index is 13.3. The third-order valence-corrected chi connectivity index (χ3v) is 3.55. The summed E-state index contributed by atoms with van der Waals surface area (Å²) < 4.78 is 13.3. The van der Waals surface area contributed by atoms with Crippen molar-refractivity contribution in [1.82, 2.24) is 4.98 Å². The molecule has 0 atom stereocenters. The minimum absolute atomic E-state index is 0.196. The lowest BCUT2D eigenvalue weighted by Gasteiger charge is -2.10. The van der Waals surface area contributed by atoms with Gasteiger partial charge in [0.25, 0.3) is 5.91 Å². The normalized spacial score (nSPS) is 10.1. The van der Waals surface area contributed by atoms with Gasteiger partial charge >= 0.3 is 0 Å². The number of pyridine rings is 1. The average molecular weight is 364 g/mol. The number of hydrogen-bond acceptors (Lipinski definition) is 4. The lowest BCUT2D eigenvalue weighted by molar-refractivity contribution is -0.114. The highest BCUT2D eigenvalue weighted by atomic mass is 19.1. The van der Waals surface area contributed by atoms with Gasteiger partial charge in [-0.05, 0) is 48.5 Å². The predicted molar refractivity (Wildman–Crippen MR) is 103 cm³/mol. The van der Waals surface area contributed by atoms with Gasteiger partial charge in [-0.1, -0.05) is 12.1 Å². The second-order valence-electron chi connectivity index (χ2n) is 5.78. The first kappa shape index (κ1) is 18.1. The molecule has 2 aromatic carbocycles. The number of hydrogen-bond donors (Lipinski definition) is 3. The zero-order valence-corrected chi connectivity index (χ0v) is 14.5. The number of aromatic nitrogens is 1. The zero-order valence-electron chi connectivity index (χ0n) is 14.5. The van der Waals surface area contributed by atoms with Crippen LogP contribution in [0.25, 0.3) is 0 Å². The van der Waals surface area contributed by atoms with Gasteiger partial charge in [0.05, 0.1) is 0 Å². The van der Waals surface area contributed by atoms with Crippen LogP contribution in [-0.4, -0.2) is 16.8 Å². The summed E-state index contributed by atoms with van der Waals surface area (Å²) in [4.78, 5) is 27.7. The fourth-order valence-electron chi connectivity index (χ4n) is 2.44. The molecule has 0 saturated heterocycles. The quantitative estimate of drug-likeness (QED) is 0.634. The molecule has 0 saturated carbocycles. The molecule has 0 spiro atoms. The second kappa shape index (κ2) is 8.09. The molecule has 3 rings (SSSR count). The minimum atomic E-state index is -0.405. The first-order valence-corrected chi connectivity index (χ1v) is 8.17. The van der Waals surface area contributed by atoms with Crippen molar-refractivity contribution in [2.24, 2.45) is 0 Å². The van der Waals surface area contributed by atoms with Crippen molar-refractivity contribution in [1.29, 1.82) is 0 Å². The summed E-state index contributed by atoms with van der Waals surface area (Å²) in [6.07, 6.45) is 1.49. The van der Waals surface area contributed by atoms with Crippen molar-refractivity contribution in [3.8, 4) is 0 Å². The van der Waals surface area contributed by atoms with Gasteiger partial charge < -0.3 is 16.0 Å². The van der Waals surface area contributed by atoms with E-state index in [2.05, 4.69) is 20.9 Å². The predicted octanol–water partition coefficient (Wildman–Crippen LogP) is 4.18. The summed E-state index contributed by atoms with van der Waals surface area (Å²) in [6, 6.07) is 16.1. The Balaban J connectivity index is 1.73. The monoisotopic (exact) mass is 364 g/mol. The maximum Gasteiger partial charge on any atom is 0.274 e. The van der Waals surface area contributed by atoms with Crippen LogP contribution in [0.2, 0.25) is 0 Å². The van der Waals surface area contributed by atoms with E-state index in [-0.39, 0.29) is 17.4 Å². The van der Waals surface area contributed by atoms with Crippen LogP contribution in [0.3, 0.4) is 0 Å². The van der Waals surface area contributed by atoms with Gasteiger partial charge in [0.15, 0.2) is 0 Å². The highest BCUT2D eigenvalue weighted by Crippen LogP contribution is 2.19. The maximum atomic E-state index is 13.3. The van der Waals surface area contributed by atoms with Gasteiger partial charge in [0.1, 0.15) is 11.5 Å². The van der Waals surface area contributed by atoms with Gasteiger partial charge in [-0.3, -0.25) is 14.6 Å². The van der Waals surface area contributed by atoms with Crippen molar-refractivity contribution in [3.05, 3.63) is 78.4 Å². The minimum Gasteiger partial charge on any atom is -0.355 e. The number of benzene rings is 2. The summed E-state index contributed by atoms with van der Waals surface area (Å²) in [5.41, 5.74) is 2.47. The Labute approximate surface area is 155 Å². The molecule has 7 heteroatoms. The van der Waals surface area contributed by atoms with E-state index in [0.717, 1.165) is 0 Å². The fraction of sp³-hybridized carbons (Fsp3) is 0.0500. The number of anilines is 4. The SMILES string of the molecule is CC(=O)Nc1cccc(NC(=O)c2cc(Nc3cccc(F)c3)ccn2)c1. The van der Waals surface area contributed by atoms with Gasteiger partial charge in [0.2, 0.25) is 5.91 Å². The molecule has 0 fully saturated rings. The lowest BCUT2D eigenvalue weighted by atomic mass is 10.2. The van der Waals surface area contributed by atoms with E-state index in [0.29, 0.717) is 22.7 Å². The molecule has 0 aliphatic heterocycles. The standard InChI is InChI=1S/C20H17FN4O2/c1-13(26)23-16-6-3-7-17(11-16)25-20(27)19-12-18(8-9-22-19)24-15-5-2-4-14(21)10-15/h2-12H,1H3,(H,22,24)(H,23,26)(H,25,27). The van der Waals surface area contributed by atoms with Crippen LogP contribution in [0.4, 0.5) is 27.1 Å². The highest BCUT2D eigenvalue weighted by molar-refractivity contribution is 6.03. The number of carbonyl (C=O) groups excluding carboxylic acids is 2. The summed E-state index contributed by atoms with van der Waals surface area (Å²) >= 11 is 0. The van der Waals surface area contributed by atoms with Crippen LogP contribution in [0.15, 0.2) is 66.9 Å². The van der Waals surface area contributed by atoms with Crippen LogP contribution >= 0.6 is 0 Å². The molecule has 27 heavy (non-hydrogen) atoms. The van der Waals surface area contributed by atoms with Crippen molar-refractivity contribution < 1.29 is 14.0 Å². The van der Waals surface area contributed by atoms with E-state index in [4.69, 9.17) is 0 Å². The van der Waals surface area contributed by atoms with E-state index in [1.165, 1.54) is 25.3 Å². The van der Waals surface area contributed by atoms with E-state index in [9.17, 15) is 14.0 Å². The van der Waals surface area contributed by atoms with E-state index in [1.807, 2.05) is 0 Å². The van der Waals surface area contributed by atoms with Crippen LogP contribution in [-0.2, 0) is 4.79 Å². The first-order chi connectivity index (χ1) is 13.0. The Morgan fingerprint density at radius 2 is 1.52 bits per heavy atom. The smallest absolute Gasteiger partial charge is 0.274 e. The van der Waals surface area contributed by atoms with E-state index >= 15 is 0 Å². The molecule has 0 unspecified atom stereocenters. The van der Waals surface area contributed by atoms with Crippen molar-refractivity contribution in [3.63, 3.8) is 0 Å². The van der Waals surface area contributed by atoms with Crippen LogP contribution < -0.4 is 16.0 Å². The second-order valence-corrected chi connectivity index (χ2v) is 5.78. The molecule has 0 aliphatic rings. The summed E-state index contributed by atoms with van der Waals surface area (Å²) in [5, 5.41) is 8.41. The molecule has 1 aromatic heterocycles. The number of nitrogens with one attached hydrogen (secondary N) is 3. The Kier molecular flexibility index (Phi) is 5.41. The van der Waals surface area contributed by atoms with Crippen molar-refractivity contribution in [2.75, 3.05) is 16.0 Å². The summed E-state index contributed by atoms with van der Waals surface area (Å²) in [6.45, 7) is 1.41. The average Bonchev–Trinajstić information content (AvgIpc) is 2.62. The third kappa shape index (κ3) is 5.12. The van der Waals surface area contributed by atoms with Crippen LogP contribution in [0.5, 0.6) is 0 Å². The van der Waals surface area contributed by atoms with E-state index < -0.39 is 5.91 Å². The molecule has 0 aliphatic carbocycles. The first-order valence-electron chi connectivity index (χ1n) is 8.17. The van der Waals surface area contributed by atoms with Crippen LogP contribution in [0.1, 0.15) is 17.4 Å². The lowest BCUT2D eigenvalue weighted by Crippen LogP contribution is -2.14. The molecule has 0 radical (unpaired) electrons. The van der Waals surface area contributed by atoms with Crippen molar-refractivity contribution >= 4 is 34.6 Å². The largest absolute Gasteiger partial charge is 0.355 e. The number of amides is 2. The van der Waals surface area contributed by atoms with Gasteiger partial charge in [-0.25, -0.2) is 4.39 Å².